The first-order valence-electron chi connectivity index (χ1n) is 16.9. The molecular formula is C34H51F3N4O8S2. The van der Waals surface area contributed by atoms with Crippen molar-refractivity contribution >= 4 is 50.7 Å². The second kappa shape index (κ2) is 24.2. The Morgan fingerprint density at radius 2 is 1.29 bits per heavy atom. The quantitative estimate of drug-likeness (QED) is 0.0611. The summed E-state index contributed by atoms with van der Waals surface area (Å²) in [6.45, 7) is 9.69. The highest BCUT2D eigenvalue weighted by Gasteiger charge is 2.38. The summed E-state index contributed by atoms with van der Waals surface area (Å²) in [6, 6.07) is 8.19. The minimum atomic E-state index is -5.06. The van der Waals surface area contributed by atoms with Gasteiger partial charge < -0.3 is 24.3 Å². The summed E-state index contributed by atoms with van der Waals surface area (Å²) in [5.41, 5.74) is 5.21. The van der Waals surface area contributed by atoms with E-state index in [2.05, 4.69) is 22.4 Å². The summed E-state index contributed by atoms with van der Waals surface area (Å²) >= 11 is 1.38. The van der Waals surface area contributed by atoms with Crippen LogP contribution in [0.4, 0.5) is 30.2 Å². The Hall–Kier alpha value is -3.09. The molecule has 0 unspecified atom stereocenters. The third-order valence-corrected chi connectivity index (χ3v) is 9.70. The molecule has 0 atom stereocenters. The Balaban J connectivity index is 1.62. The third kappa shape index (κ3) is 18.3. The Morgan fingerprint density at radius 1 is 0.745 bits per heavy atom. The number of unbranched alkanes of at least 4 members (excludes halogenated alkanes) is 5. The molecule has 0 radical (unpaired) electrons. The number of rotatable bonds is 27. The average Bonchev–Trinajstić information content (AvgIpc) is 3.08. The van der Waals surface area contributed by atoms with Crippen molar-refractivity contribution in [3.8, 4) is 0 Å². The third-order valence-electron chi connectivity index (χ3n) is 7.26. The van der Waals surface area contributed by atoms with Crippen molar-refractivity contribution in [3.63, 3.8) is 0 Å². The number of sulfonamides is 1. The van der Waals surface area contributed by atoms with Gasteiger partial charge in [-0.1, -0.05) is 45.1 Å². The van der Waals surface area contributed by atoms with Crippen LogP contribution in [-0.2, 0) is 38.6 Å². The Labute approximate surface area is 303 Å². The van der Waals surface area contributed by atoms with Crippen molar-refractivity contribution in [2.24, 2.45) is 0 Å². The fourth-order valence-corrected chi connectivity index (χ4v) is 6.49. The number of halogens is 3. The zero-order valence-electron chi connectivity index (χ0n) is 29.5. The minimum absolute atomic E-state index is 0.0642. The number of carbonyl (C=O) groups excluding carboxylic acids is 2. The molecule has 17 heteroatoms. The number of hydrazine groups is 1. The van der Waals surface area contributed by atoms with Crippen LogP contribution in [0, 0.1) is 13.8 Å². The summed E-state index contributed by atoms with van der Waals surface area (Å²) in [6.07, 6.45) is 2.39. The minimum Gasteiger partial charge on any atom is -0.379 e. The molecule has 0 aromatic heterocycles. The molecule has 51 heavy (non-hydrogen) atoms. The highest BCUT2D eigenvalue weighted by Crippen LogP contribution is 2.29. The van der Waals surface area contributed by atoms with Gasteiger partial charge in [-0.3, -0.25) is 25.2 Å². The van der Waals surface area contributed by atoms with E-state index >= 15 is 0 Å². The molecule has 4 N–H and O–H groups in total. The summed E-state index contributed by atoms with van der Waals surface area (Å²) < 4.78 is 88.0. The standard InChI is InChI=1S/C34H51F3N4O8S2/c1-4-5-6-7-8-9-16-46-17-18-47-19-20-48-21-22-49-23-24-50-25-31(42)38-32-26(2)10-15-30(27(32)3)51(44,45)41-29-13-11-28(12-14-29)39-40-33(43)34(35,36)37/h10-15,39,41H,4-9,16-25H2,1-3H3,(H,38,42)(H,40,43). The maximum absolute atomic E-state index is 13.2. The first-order valence-corrected chi connectivity index (χ1v) is 19.5. The van der Waals surface area contributed by atoms with Gasteiger partial charge in [0.15, 0.2) is 0 Å². The highest BCUT2D eigenvalue weighted by molar-refractivity contribution is 8.00. The van der Waals surface area contributed by atoms with Gasteiger partial charge in [0.25, 0.3) is 10.0 Å². The zero-order valence-corrected chi connectivity index (χ0v) is 31.1. The van der Waals surface area contributed by atoms with Crippen LogP contribution < -0.4 is 20.9 Å². The van der Waals surface area contributed by atoms with Crippen LogP contribution in [0.1, 0.15) is 56.6 Å². The largest absolute Gasteiger partial charge is 0.472 e. The lowest BCUT2D eigenvalue weighted by molar-refractivity contribution is -0.173. The monoisotopic (exact) mass is 764 g/mol. The fourth-order valence-electron chi connectivity index (χ4n) is 4.55. The SMILES string of the molecule is CCCCCCCCOCCOCCOCCOCCSCC(=O)Nc1c(C)ccc(S(=O)(=O)Nc2ccc(NNC(=O)C(F)(F)F)cc2)c1C. The van der Waals surface area contributed by atoms with E-state index in [-0.39, 0.29) is 27.9 Å². The summed E-state index contributed by atoms with van der Waals surface area (Å²) in [5, 5.41) is 2.80. The second-order valence-electron chi connectivity index (χ2n) is 11.5. The molecule has 288 valence electrons. The number of anilines is 3. The molecule has 0 spiro atoms. The molecule has 0 aliphatic rings. The maximum atomic E-state index is 13.2. The van der Waals surface area contributed by atoms with E-state index in [9.17, 15) is 31.2 Å². The van der Waals surface area contributed by atoms with Crippen LogP contribution in [0.15, 0.2) is 41.3 Å². The molecule has 0 fully saturated rings. The molecule has 0 aliphatic heterocycles. The van der Waals surface area contributed by atoms with E-state index in [0.29, 0.717) is 68.8 Å². The first kappa shape index (κ1) is 44.1. The van der Waals surface area contributed by atoms with Gasteiger partial charge in [-0.15, -0.1) is 11.8 Å². The molecule has 0 aliphatic carbocycles. The number of aryl methyl sites for hydroxylation is 1. The van der Waals surface area contributed by atoms with Gasteiger partial charge in [0.05, 0.1) is 62.6 Å². The van der Waals surface area contributed by atoms with Gasteiger partial charge in [-0.25, -0.2) is 8.42 Å². The van der Waals surface area contributed by atoms with E-state index < -0.39 is 22.1 Å². The zero-order chi connectivity index (χ0) is 37.5. The van der Waals surface area contributed by atoms with Gasteiger partial charge in [0.2, 0.25) is 5.91 Å². The van der Waals surface area contributed by atoms with Crippen LogP contribution >= 0.6 is 11.8 Å². The Kier molecular flexibility index (Phi) is 20.9. The summed E-state index contributed by atoms with van der Waals surface area (Å²) in [7, 11) is -4.11. The molecule has 0 heterocycles. The van der Waals surface area contributed by atoms with Gasteiger partial charge in [-0.2, -0.15) is 13.2 Å². The van der Waals surface area contributed by atoms with Crippen molar-refractivity contribution in [1.82, 2.24) is 5.43 Å². The summed E-state index contributed by atoms with van der Waals surface area (Å²) in [5.74, 6) is -1.76. The van der Waals surface area contributed by atoms with E-state index in [1.54, 1.807) is 19.9 Å². The van der Waals surface area contributed by atoms with Crippen molar-refractivity contribution in [3.05, 3.63) is 47.5 Å². The number of hydrogen-bond acceptors (Lipinski definition) is 10. The average molecular weight is 765 g/mol. The first-order chi connectivity index (χ1) is 24.3. The van der Waals surface area contributed by atoms with Crippen LogP contribution in [-0.4, -0.2) is 90.8 Å². The smallest absolute Gasteiger partial charge is 0.379 e. The molecule has 0 saturated carbocycles. The molecular weight excluding hydrogens is 714 g/mol. The fraction of sp³-hybridized carbons (Fsp3) is 0.588. The van der Waals surface area contributed by atoms with Crippen molar-refractivity contribution in [2.75, 3.05) is 79.8 Å². The lowest BCUT2D eigenvalue weighted by Crippen LogP contribution is -2.40. The number of alkyl halides is 3. The Morgan fingerprint density at radius 3 is 1.90 bits per heavy atom. The van der Waals surface area contributed by atoms with Gasteiger partial charge in [0.1, 0.15) is 0 Å². The number of thioether (sulfide) groups is 1. The van der Waals surface area contributed by atoms with E-state index in [0.717, 1.165) is 13.0 Å². The van der Waals surface area contributed by atoms with E-state index in [1.165, 1.54) is 79.6 Å². The molecule has 2 aromatic rings. The number of hydrogen-bond donors (Lipinski definition) is 4. The van der Waals surface area contributed by atoms with Gasteiger partial charge in [-0.05, 0) is 61.7 Å². The highest BCUT2D eigenvalue weighted by atomic mass is 32.2. The number of nitrogens with one attached hydrogen (secondary N) is 4. The van der Waals surface area contributed by atoms with Crippen molar-refractivity contribution < 1.29 is 50.1 Å². The Bertz CT molecular complexity index is 1430. The van der Waals surface area contributed by atoms with Crippen molar-refractivity contribution in [2.45, 2.75) is 70.4 Å². The lowest BCUT2D eigenvalue weighted by Gasteiger charge is -2.17. The second-order valence-corrected chi connectivity index (χ2v) is 14.2. The number of ether oxygens (including phenoxy) is 4. The lowest BCUT2D eigenvalue weighted by atomic mass is 10.1. The molecule has 2 aromatic carbocycles. The van der Waals surface area contributed by atoms with Crippen LogP contribution in [0.3, 0.4) is 0 Å². The van der Waals surface area contributed by atoms with E-state index in [1.807, 2.05) is 0 Å². The van der Waals surface area contributed by atoms with Crippen LogP contribution in [0.5, 0.6) is 0 Å². The molecule has 2 rings (SSSR count). The number of benzene rings is 2. The van der Waals surface area contributed by atoms with Crippen molar-refractivity contribution in [1.29, 1.82) is 0 Å². The molecule has 2 amide bonds. The summed E-state index contributed by atoms with van der Waals surface area (Å²) in [4.78, 5) is 23.6. The van der Waals surface area contributed by atoms with Gasteiger partial charge in [0, 0.05) is 23.7 Å². The number of amides is 2. The molecule has 12 nitrogen and oxygen atoms in total. The topological polar surface area (TPSA) is 153 Å². The van der Waals surface area contributed by atoms with Gasteiger partial charge >= 0.3 is 12.1 Å². The van der Waals surface area contributed by atoms with E-state index in [4.69, 9.17) is 18.9 Å². The molecule has 0 bridgehead atoms. The normalized spacial score (nSPS) is 11.7. The maximum Gasteiger partial charge on any atom is 0.472 e. The van der Waals surface area contributed by atoms with Crippen LogP contribution in [0.25, 0.3) is 0 Å². The molecule has 0 saturated heterocycles. The van der Waals surface area contributed by atoms with Crippen LogP contribution in [0.2, 0.25) is 0 Å². The predicted molar refractivity (Wildman–Crippen MR) is 194 cm³/mol. The predicted octanol–water partition coefficient (Wildman–Crippen LogP) is 6.21. The number of carbonyl (C=O) groups is 2.